The van der Waals surface area contributed by atoms with Gasteiger partial charge in [-0.05, 0) is 39.8 Å². The first-order chi connectivity index (χ1) is 7.36. The van der Waals surface area contributed by atoms with Crippen LogP contribution in [0, 0.1) is 11.3 Å². The molecule has 0 saturated heterocycles. The minimum atomic E-state index is -0.426. The smallest absolute Gasteiger partial charge is 0.110 e. The van der Waals surface area contributed by atoms with Crippen LogP contribution < -0.4 is 5.32 Å². The van der Waals surface area contributed by atoms with Crippen molar-refractivity contribution in [1.82, 2.24) is 5.32 Å². The van der Waals surface area contributed by atoms with E-state index in [-0.39, 0.29) is 11.6 Å². The normalized spacial score (nSPS) is 15.5. The summed E-state index contributed by atoms with van der Waals surface area (Å²) in [5.41, 5.74) is -0.337. The summed E-state index contributed by atoms with van der Waals surface area (Å²) in [7, 11) is 0. The molecule has 0 amide bonds. The molecule has 0 aromatic carbocycles. The van der Waals surface area contributed by atoms with Gasteiger partial charge in [0, 0.05) is 16.5 Å². The molecule has 1 heterocycles. The molecule has 88 valence electrons. The van der Waals surface area contributed by atoms with Crippen LogP contribution in [-0.4, -0.2) is 16.7 Å². The van der Waals surface area contributed by atoms with Gasteiger partial charge in [0.2, 0.25) is 0 Å². The lowest BCUT2D eigenvalue weighted by Gasteiger charge is -2.32. The number of rotatable bonds is 4. The van der Waals surface area contributed by atoms with Crippen LogP contribution in [0.1, 0.15) is 43.5 Å². The maximum Gasteiger partial charge on any atom is 0.110 e. The van der Waals surface area contributed by atoms with Crippen molar-refractivity contribution in [2.45, 2.75) is 45.4 Å². The van der Waals surface area contributed by atoms with Crippen molar-refractivity contribution >= 4 is 11.3 Å². The number of hydrogen-bond donors (Lipinski definition) is 2. The fourth-order valence-corrected chi connectivity index (χ4v) is 2.20. The molecule has 0 bridgehead atoms. The molecule has 0 fully saturated rings. The van der Waals surface area contributed by atoms with E-state index in [1.165, 1.54) is 11.3 Å². The van der Waals surface area contributed by atoms with Crippen LogP contribution in [0.3, 0.4) is 0 Å². The van der Waals surface area contributed by atoms with Crippen molar-refractivity contribution in [2.24, 2.45) is 0 Å². The van der Waals surface area contributed by atoms with Gasteiger partial charge in [-0.3, -0.25) is 0 Å². The Morgan fingerprint density at radius 1 is 1.44 bits per heavy atom. The Kier molecular flexibility index (Phi) is 4.09. The van der Waals surface area contributed by atoms with Crippen molar-refractivity contribution in [1.29, 1.82) is 5.26 Å². The summed E-state index contributed by atoms with van der Waals surface area (Å²) < 4.78 is 0. The zero-order chi connectivity index (χ0) is 12.3. The third-order valence-corrected chi connectivity index (χ3v) is 3.97. The third-order valence-electron chi connectivity index (χ3n) is 2.80. The number of nitrogens with one attached hydrogen (secondary N) is 1. The molecule has 0 aliphatic carbocycles. The standard InChI is InChI=1S/C12H18N2OS/c1-8(14-12(3,4)9(2)15)11-6-5-10(7-13)16-11/h5-6,8-9,14-15H,1-4H3. The molecular formula is C12H18N2OS. The van der Waals surface area contributed by atoms with E-state index >= 15 is 0 Å². The van der Waals surface area contributed by atoms with Crippen molar-refractivity contribution in [3.63, 3.8) is 0 Å². The van der Waals surface area contributed by atoms with E-state index < -0.39 is 6.10 Å². The van der Waals surface area contributed by atoms with Crippen LogP contribution in [0.15, 0.2) is 12.1 Å². The second-order valence-corrected chi connectivity index (χ2v) is 5.69. The van der Waals surface area contributed by atoms with Crippen LogP contribution in [0.5, 0.6) is 0 Å². The predicted octanol–water partition coefficient (Wildman–Crippen LogP) is 2.43. The maximum absolute atomic E-state index is 9.62. The highest BCUT2D eigenvalue weighted by molar-refractivity contribution is 7.12. The predicted molar refractivity (Wildman–Crippen MR) is 66.3 cm³/mol. The second kappa shape index (κ2) is 4.96. The van der Waals surface area contributed by atoms with Crippen molar-refractivity contribution < 1.29 is 5.11 Å². The zero-order valence-electron chi connectivity index (χ0n) is 10.1. The molecular weight excluding hydrogens is 220 g/mol. The monoisotopic (exact) mass is 238 g/mol. The second-order valence-electron chi connectivity index (χ2n) is 4.58. The molecule has 1 aromatic rings. The number of aliphatic hydroxyl groups is 1. The molecule has 0 spiro atoms. The van der Waals surface area contributed by atoms with Gasteiger partial charge in [0.05, 0.1) is 6.10 Å². The quantitative estimate of drug-likeness (QED) is 0.847. The van der Waals surface area contributed by atoms with E-state index in [2.05, 4.69) is 11.4 Å². The summed E-state index contributed by atoms with van der Waals surface area (Å²) in [4.78, 5) is 1.84. The van der Waals surface area contributed by atoms with Gasteiger partial charge in [-0.2, -0.15) is 5.26 Å². The molecule has 16 heavy (non-hydrogen) atoms. The van der Waals surface area contributed by atoms with Gasteiger partial charge in [0.25, 0.3) is 0 Å². The topological polar surface area (TPSA) is 56.0 Å². The van der Waals surface area contributed by atoms with Crippen LogP contribution in [-0.2, 0) is 0 Å². The van der Waals surface area contributed by atoms with E-state index in [9.17, 15) is 5.11 Å². The summed E-state index contributed by atoms with van der Waals surface area (Å²) in [6, 6.07) is 6.05. The summed E-state index contributed by atoms with van der Waals surface area (Å²) in [6.07, 6.45) is -0.426. The third kappa shape index (κ3) is 3.05. The van der Waals surface area contributed by atoms with Crippen molar-refractivity contribution in [2.75, 3.05) is 0 Å². The minimum Gasteiger partial charge on any atom is -0.392 e. The molecule has 1 aromatic heterocycles. The molecule has 2 N–H and O–H groups in total. The molecule has 0 aliphatic rings. The van der Waals surface area contributed by atoms with E-state index in [1.54, 1.807) is 6.92 Å². The lowest BCUT2D eigenvalue weighted by Crippen LogP contribution is -2.48. The molecule has 0 radical (unpaired) electrons. The highest BCUT2D eigenvalue weighted by Crippen LogP contribution is 2.25. The molecule has 2 unspecified atom stereocenters. The number of hydrogen-bond acceptors (Lipinski definition) is 4. The molecule has 3 nitrogen and oxygen atoms in total. The first-order valence-electron chi connectivity index (χ1n) is 5.32. The van der Waals surface area contributed by atoms with Gasteiger partial charge in [0.15, 0.2) is 0 Å². The Hall–Kier alpha value is -0.890. The van der Waals surface area contributed by atoms with Crippen LogP contribution in [0.2, 0.25) is 0 Å². The Morgan fingerprint density at radius 3 is 2.50 bits per heavy atom. The summed E-state index contributed by atoms with van der Waals surface area (Å²) >= 11 is 1.49. The molecule has 4 heteroatoms. The lowest BCUT2D eigenvalue weighted by atomic mass is 9.97. The summed E-state index contributed by atoms with van der Waals surface area (Å²) in [5.74, 6) is 0. The highest BCUT2D eigenvalue weighted by atomic mass is 32.1. The number of nitrogens with zero attached hydrogens (tertiary/aromatic N) is 1. The fraction of sp³-hybridized carbons (Fsp3) is 0.583. The maximum atomic E-state index is 9.62. The first-order valence-corrected chi connectivity index (χ1v) is 6.14. The number of nitriles is 1. The van der Waals surface area contributed by atoms with Gasteiger partial charge in [-0.1, -0.05) is 0 Å². The molecule has 0 saturated carbocycles. The first kappa shape index (κ1) is 13.2. The van der Waals surface area contributed by atoms with E-state index in [1.807, 2.05) is 32.9 Å². The largest absolute Gasteiger partial charge is 0.392 e. The van der Waals surface area contributed by atoms with Gasteiger partial charge in [0.1, 0.15) is 10.9 Å². The Bertz CT molecular complexity index is 390. The fourth-order valence-electron chi connectivity index (χ4n) is 1.40. The Labute approximate surface area is 101 Å². The van der Waals surface area contributed by atoms with E-state index in [0.29, 0.717) is 0 Å². The van der Waals surface area contributed by atoms with Crippen LogP contribution in [0.25, 0.3) is 0 Å². The van der Waals surface area contributed by atoms with Gasteiger partial charge in [-0.25, -0.2) is 0 Å². The van der Waals surface area contributed by atoms with Crippen molar-refractivity contribution in [3.05, 3.63) is 21.9 Å². The van der Waals surface area contributed by atoms with Crippen LogP contribution >= 0.6 is 11.3 Å². The minimum absolute atomic E-state index is 0.136. The van der Waals surface area contributed by atoms with Gasteiger partial charge in [-0.15, -0.1) is 11.3 Å². The Morgan fingerprint density at radius 2 is 2.06 bits per heavy atom. The van der Waals surface area contributed by atoms with Gasteiger partial charge >= 0.3 is 0 Å². The number of thiophene rings is 1. The van der Waals surface area contributed by atoms with Gasteiger partial charge < -0.3 is 10.4 Å². The molecule has 1 rings (SSSR count). The summed E-state index contributed by atoms with van der Waals surface area (Å²) in [5, 5.41) is 21.7. The van der Waals surface area contributed by atoms with Crippen molar-refractivity contribution in [3.8, 4) is 6.07 Å². The zero-order valence-corrected chi connectivity index (χ0v) is 10.9. The SMILES string of the molecule is CC(NC(C)(C)C(C)O)c1ccc(C#N)s1. The van der Waals surface area contributed by atoms with Crippen LogP contribution in [0.4, 0.5) is 0 Å². The highest BCUT2D eigenvalue weighted by Gasteiger charge is 2.26. The number of aliphatic hydroxyl groups excluding tert-OH is 1. The lowest BCUT2D eigenvalue weighted by molar-refractivity contribution is 0.0898. The molecule has 0 aliphatic heterocycles. The van der Waals surface area contributed by atoms with E-state index in [0.717, 1.165) is 9.75 Å². The Balaban J connectivity index is 2.73. The summed E-state index contributed by atoms with van der Waals surface area (Å²) in [6.45, 7) is 7.74. The molecule has 2 atom stereocenters. The average Bonchev–Trinajstić information content (AvgIpc) is 2.64. The van der Waals surface area contributed by atoms with E-state index in [4.69, 9.17) is 5.26 Å². The average molecular weight is 238 g/mol.